The summed E-state index contributed by atoms with van der Waals surface area (Å²) in [6, 6.07) is 11.7. The molecule has 0 unspecified atom stereocenters. The van der Waals surface area contributed by atoms with E-state index in [1.165, 1.54) is 5.56 Å². The van der Waals surface area contributed by atoms with Gasteiger partial charge >= 0.3 is 0 Å². The molecule has 5 nitrogen and oxygen atoms in total. The van der Waals surface area contributed by atoms with Crippen LogP contribution in [0.5, 0.6) is 0 Å². The number of carbonyl (C=O) groups is 1. The molecule has 0 bridgehead atoms. The number of fused-ring (bicyclic) bond motifs is 2. The van der Waals surface area contributed by atoms with Crippen molar-refractivity contribution in [3.8, 4) is 0 Å². The largest absolute Gasteiger partial charge is 0.304 e. The lowest BCUT2D eigenvalue weighted by atomic mass is 10.1. The average molecular weight is 278 g/mol. The number of para-hydroxylation sites is 1. The van der Waals surface area contributed by atoms with Crippen LogP contribution >= 0.6 is 0 Å². The molecule has 0 N–H and O–H groups in total. The van der Waals surface area contributed by atoms with Crippen molar-refractivity contribution < 1.29 is 4.79 Å². The van der Waals surface area contributed by atoms with E-state index in [9.17, 15) is 4.79 Å². The summed E-state index contributed by atoms with van der Waals surface area (Å²) in [5.74, 6) is -0.0713. The van der Waals surface area contributed by atoms with E-state index in [1.54, 1.807) is 29.0 Å². The third-order valence-corrected chi connectivity index (χ3v) is 3.88. The van der Waals surface area contributed by atoms with Crippen LogP contribution in [0.2, 0.25) is 0 Å². The molecule has 0 saturated carbocycles. The van der Waals surface area contributed by atoms with Crippen LogP contribution in [0.3, 0.4) is 0 Å². The van der Waals surface area contributed by atoms with Crippen molar-refractivity contribution >= 4 is 17.2 Å². The van der Waals surface area contributed by atoms with Gasteiger partial charge in [-0.25, -0.2) is 9.50 Å². The molecule has 1 atom stereocenters. The van der Waals surface area contributed by atoms with E-state index in [-0.39, 0.29) is 11.9 Å². The van der Waals surface area contributed by atoms with Gasteiger partial charge in [-0.05, 0) is 31.0 Å². The van der Waals surface area contributed by atoms with Crippen LogP contribution in [0.1, 0.15) is 23.0 Å². The molecule has 0 aliphatic carbocycles. The van der Waals surface area contributed by atoms with Crippen LogP contribution < -0.4 is 4.90 Å². The zero-order valence-corrected chi connectivity index (χ0v) is 11.6. The molecule has 21 heavy (non-hydrogen) atoms. The Morgan fingerprint density at radius 2 is 2.14 bits per heavy atom. The minimum Gasteiger partial charge on any atom is -0.304 e. The minimum atomic E-state index is -0.0713. The first kappa shape index (κ1) is 12.1. The molecule has 2 aromatic heterocycles. The number of aromatic nitrogens is 3. The Bertz CT molecular complexity index is 806. The summed E-state index contributed by atoms with van der Waals surface area (Å²) in [6.45, 7) is 2.06. The van der Waals surface area contributed by atoms with E-state index in [1.807, 2.05) is 23.1 Å². The fraction of sp³-hybridized carbons (Fsp3) is 0.188. The second kappa shape index (κ2) is 4.41. The van der Waals surface area contributed by atoms with Crippen LogP contribution in [0.4, 0.5) is 5.69 Å². The highest BCUT2D eigenvalue weighted by atomic mass is 16.2. The summed E-state index contributed by atoms with van der Waals surface area (Å²) < 4.78 is 1.62. The number of anilines is 1. The Morgan fingerprint density at radius 3 is 3.00 bits per heavy atom. The Balaban J connectivity index is 1.77. The van der Waals surface area contributed by atoms with Crippen LogP contribution in [0.15, 0.2) is 48.8 Å². The van der Waals surface area contributed by atoms with Crippen molar-refractivity contribution in [1.29, 1.82) is 0 Å². The van der Waals surface area contributed by atoms with Gasteiger partial charge in [-0.2, -0.15) is 5.10 Å². The van der Waals surface area contributed by atoms with Crippen LogP contribution in [0, 0.1) is 0 Å². The molecule has 0 fully saturated rings. The number of benzene rings is 1. The second-order valence-corrected chi connectivity index (χ2v) is 5.31. The van der Waals surface area contributed by atoms with E-state index < -0.39 is 0 Å². The fourth-order valence-electron chi connectivity index (χ4n) is 2.93. The highest BCUT2D eigenvalue weighted by molar-refractivity contribution is 6.07. The van der Waals surface area contributed by atoms with Crippen molar-refractivity contribution in [3.63, 3.8) is 0 Å². The maximum atomic E-state index is 12.8. The predicted molar refractivity (Wildman–Crippen MR) is 79.4 cm³/mol. The van der Waals surface area contributed by atoms with E-state index >= 15 is 0 Å². The monoisotopic (exact) mass is 278 g/mol. The van der Waals surface area contributed by atoms with Gasteiger partial charge in [-0.15, -0.1) is 0 Å². The van der Waals surface area contributed by atoms with Crippen molar-refractivity contribution in [2.75, 3.05) is 4.90 Å². The van der Waals surface area contributed by atoms with Crippen LogP contribution in [-0.2, 0) is 6.42 Å². The quantitative estimate of drug-likeness (QED) is 0.686. The molecule has 104 valence electrons. The molecular formula is C16H14N4O. The van der Waals surface area contributed by atoms with Crippen molar-refractivity contribution in [2.24, 2.45) is 0 Å². The molecular weight excluding hydrogens is 264 g/mol. The smallest absolute Gasteiger partial charge is 0.279 e. The molecule has 1 aromatic carbocycles. The highest BCUT2D eigenvalue weighted by Gasteiger charge is 2.32. The molecule has 1 amide bonds. The average Bonchev–Trinajstić information content (AvgIpc) is 3.06. The standard InChI is InChI=1S/C16H14N4O/c1-11-9-12-5-2-3-6-14(12)20(11)16(21)13-10-15-17-7-4-8-19(15)18-13/h2-8,10-11H,9H2,1H3/t11-/m1/s1. The molecule has 0 spiro atoms. The Labute approximate surface area is 121 Å². The number of hydrogen-bond donors (Lipinski definition) is 0. The first-order chi connectivity index (χ1) is 10.2. The van der Waals surface area contributed by atoms with Crippen molar-refractivity contribution in [2.45, 2.75) is 19.4 Å². The molecule has 1 aliphatic rings. The minimum absolute atomic E-state index is 0.0713. The number of nitrogens with zero attached hydrogens (tertiary/aromatic N) is 4. The van der Waals surface area contributed by atoms with Gasteiger partial charge in [0, 0.05) is 30.2 Å². The summed E-state index contributed by atoms with van der Waals surface area (Å²) in [5.41, 5.74) is 3.30. The predicted octanol–water partition coefficient (Wildman–Crippen LogP) is 2.32. The molecule has 0 radical (unpaired) electrons. The van der Waals surface area contributed by atoms with Gasteiger partial charge < -0.3 is 4.90 Å². The number of carbonyl (C=O) groups excluding carboxylic acids is 1. The van der Waals surface area contributed by atoms with E-state index in [0.29, 0.717) is 11.3 Å². The van der Waals surface area contributed by atoms with Crippen LogP contribution in [-0.4, -0.2) is 26.5 Å². The molecule has 3 heterocycles. The lowest BCUT2D eigenvalue weighted by Gasteiger charge is -2.21. The summed E-state index contributed by atoms with van der Waals surface area (Å²) in [5, 5.41) is 4.33. The molecule has 4 rings (SSSR count). The maximum Gasteiger partial charge on any atom is 0.279 e. The van der Waals surface area contributed by atoms with Gasteiger partial charge in [-0.3, -0.25) is 4.79 Å². The third kappa shape index (κ3) is 1.81. The number of amides is 1. The summed E-state index contributed by atoms with van der Waals surface area (Å²) in [4.78, 5) is 18.8. The molecule has 3 aromatic rings. The zero-order chi connectivity index (χ0) is 14.4. The van der Waals surface area contributed by atoms with Gasteiger partial charge in [0.2, 0.25) is 0 Å². The fourth-order valence-corrected chi connectivity index (χ4v) is 2.93. The topological polar surface area (TPSA) is 50.5 Å². The summed E-state index contributed by atoms with van der Waals surface area (Å²) in [6.07, 6.45) is 4.37. The first-order valence-electron chi connectivity index (χ1n) is 6.96. The lowest BCUT2D eigenvalue weighted by molar-refractivity contribution is 0.0976. The Hall–Kier alpha value is -2.69. The van der Waals surface area contributed by atoms with Gasteiger partial charge in [-0.1, -0.05) is 18.2 Å². The van der Waals surface area contributed by atoms with Crippen molar-refractivity contribution in [1.82, 2.24) is 14.6 Å². The summed E-state index contributed by atoms with van der Waals surface area (Å²) in [7, 11) is 0. The molecule has 0 saturated heterocycles. The Morgan fingerprint density at radius 1 is 1.29 bits per heavy atom. The van der Waals surface area contributed by atoms with Crippen molar-refractivity contribution in [3.05, 3.63) is 60.0 Å². The van der Waals surface area contributed by atoms with Gasteiger partial charge in [0.15, 0.2) is 11.3 Å². The van der Waals surface area contributed by atoms with E-state index in [0.717, 1.165) is 12.1 Å². The Kier molecular flexibility index (Phi) is 2.54. The number of hydrogen-bond acceptors (Lipinski definition) is 3. The van der Waals surface area contributed by atoms with Gasteiger partial charge in [0.05, 0.1) is 0 Å². The first-order valence-corrected chi connectivity index (χ1v) is 6.96. The molecule has 5 heteroatoms. The zero-order valence-electron chi connectivity index (χ0n) is 11.6. The molecule has 1 aliphatic heterocycles. The van der Waals surface area contributed by atoms with Gasteiger partial charge in [0.1, 0.15) is 0 Å². The van der Waals surface area contributed by atoms with E-state index in [4.69, 9.17) is 0 Å². The normalized spacial score (nSPS) is 17.2. The maximum absolute atomic E-state index is 12.8. The SMILES string of the molecule is C[C@@H]1Cc2ccccc2N1C(=O)c1cc2ncccn2n1. The van der Waals surface area contributed by atoms with E-state index in [2.05, 4.69) is 23.1 Å². The number of rotatable bonds is 1. The van der Waals surface area contributed by atoms with Crippen LogP contribution in [0.25, 0.3) is 5.65 Å². The lowest BCUT2D eigenvalue weighted by Crippen LogP contribution is -2.36. The summed E-state index contributed by atoms with van der Waals surface area (Å²) >= 11 is 0. The highest BCUT2D eigenvalue weighted by Crippen LogP contribution is 2.32. The second-order valence-electron chi connectivity index (χ2n) is 5.31. The van der Waals surface area contributed by atoms with Gasteiger partial charge in [0.25, 0.3) is 5.91 Å². The third-order valence-electron chi connectivity index (χ3n) is 3.88.